The molecule has 1 amide bonds. The molecule has 2 N–H and O–H groups in total. The molecule has 0 aromatic rings. The number of alkyl halides is 7. The SMILES string of the molecule is O=C(CNCC(F)(F)F)NCC(F)(F)C(F)F. The Balaban J connectivity index is 3.82. The zero-order valence-electron chi connectivity index (χ0n) is 8.25. The van der Waals surface area contributed by atoms with Crippen molar-refractivity contribution in [2.75, 3.05) is 19.6 Å². The number of carbonyl (C=O) groups is 1. The normalized spacial score (nSPS) is 12.9. The van der Waals surface area contributed by atoms with Crippen LogP contribution in [-0.4, -0.2) is 44.1 Å². The fourth-order valence-electron chi connectivity index (χ4n) is 0.674. The third-order valence-electron chi connectivity index (χ3n) is 1.45. The van der Waals surface area contributed by atoms with E-state index in [0.29, 0.717) is 0 Å². The van der Waals surface area contributed by atoms with Crippen LogP contribution in [0.2, 0.25) is 0 Å². The van der Waals surface area contributed by atoms with Gasteiger partial charge in [-0.3, -0.25) is 4.79 Å². The smallest absolute Gasteiger partial charge is 0.349 e. The van der Waals surface area contributed by atoms with Crippen molar-refractivity contribution in [3.63, 3.8) is 0 Å². The zero-order valence-corrected chi connectivity index (χ0v) is 8.25. The molecule has 0 atom stereocenters. The van der Waals surface area contributed by atoms with Crippen molar-refractivity contribution in [1.29, 1.82) is 0 Å². The molecule has 0 aliphatic heterocycles. The monoisotopic (exact) mass is 270 g/mol. The van der Waals surface area contributed by atoms with Crippen molar-refractivity contribution in [2.45, 2.75) is 18.5 Å². The van der Waals surface area contributed by atoms with E-state index in [9.17, 15) is 35.5 Å². The number of hydrogen-bond donors (Lipinski definition) is 2. The molecule has 0 fully saturated rings. The number of hydrogen-bond acceptors (Lipinski definition) is 2. The van der Waals surface area contributed by atoms with Gasteiger partial charge in [0.25, 0.3) is 0 Å². The van der Waals surface area contributed by atoms with Gasteiger partial charge in [0, 0.05) is 0 Å². The summed E-state index contributed by atoms with van der Waals surface area (Å²) < 4.78 is 82.4. The van der Waals surface area contributed by atoms with Crippen molar-refractivity contribution < 1.29 is 35.5 Å². The lowest BCUT2D eigenvalue weighted by molar-refractivity contribution is -0.137. The maximum absolute atomic E-state index is 12.3. The van der Waals surface area contributed by atoms with Crippen LogP contribution in [0.4, 0.5) is 30.7 Å². The van der Waals surface area contributed by atoms with Gasteiger partial charge in [-0.1, -0.05) is 0 Å². The van der Waals surface area contributed by atoms with Crippen LogP contribution in [0, 0.1) is 0 Å². The van der Waals surface area contributed by atoms with E-state index in [1.165, 1.54) is 5.32 Å². The molecule has 0 aromatic carbocycles. The van der Waals surface area contributed by atoms with Gasteiger partial charge < -0.3 is 10.6 Å². The molecule has 0 saturated carbocycles. The summed E-state index contributed by atoms with van der Waals surface area (Å²) >= 11 is 0. The van der Waals surface area contributed by atoms with Crippen LogP contribution < -0.4 is 10.6 Å². The van der Waals surface area contributed by atoms with Crippen LogP contribution in [0.5, 0.6) is 0 Å². The highest BCUT2D eigenvalue weighted by atomic mass is 19.4. The number of nitrogens with one attached hydrogen (secondary N) is 2. The van der Waals surface area contributed by atoms with E-state index in [4.69, 9.17) is 0 Å². The third-order valence-corrected chi connectivity index (χ3v) is 1.45. The number of halogens is 7. The van der Waals surface area contributed by atoms with Gasteiger partial charge in [0.05, 0.1) is 19.6 Å². The van der Waals surface area contributed by atoms with Gasteiger partial charge >= 0.3 is 18.5 Å². The summed E-state index contributed by atoms with van der Waals surface area (Å²) in [7, 11) is 0. The molecule has 0 aromatic heterocycles. The Kier molecular flexibility index (Phi) is 5.66. The summed E-state index contributed by atoms with van der Waals surface area (Å²) in [5, 5.41) is 3.01. The Bertz CT molecular complexity index is 253. The first-order valence-electron chi connectivity index (χ1n) is 4.25. The standard InChI is InChI=1S/C7H9F7N2O/c8-5(9)6(10,11)2-16-4(17)1-15-3-7(12,13)14/h5,15H,1-3H2,(H,16,17). The second-order valence-corrected chi connectivity index (χ2v) is 3.06. The van der Waals surface area contributed by atoms with E-state index < -0.39 is 44.1 Å². The first kappa shape index (κ1) is 15.9. The highest BCUT2D eigenvalue weighted by Crippen LogP contribution is 2.21. The van der Waals surface area contributed by atoms with Gasteiger partial charge in [0.1, 0.15) is 0 Å². The second-order valence-electron chi connectivity index (χ2n) is 3.06. The van der Waals surface area contributed by atoms with E-state index >= 15 is 0 Å². The van der Waals surface area contributed by atoms with Crippen LogP contribution in [0.15, 0.2) is 0 Å². The zero-order chi connectivity index (χ0) is 13.7. The van der Waals surface area contributed by atoms with Gasteiger partial charge in [0.15, 0.2) is 0 Å². The topological polar surface area (TPSA) is 41.1 Å². The van der Waals surface area contributed by atoms with E-state index in [1.807, 2.05) is 0 Å². The molecule has 0 saturated heterocycles. The van der Waals surface area contributed by atoms with Crippen LogP contribution >= 0.6 is 0 Å². The Hall–Kier alpha value is -1.06. The minimum Gasteiger partial charge on any atom is -0.349 e. The molecule has 0 rings (SSSR count). The van der Waals surface area contributed by atoms with Crippen molar-refractivity contribution >= 4 is 5.91 Å². The van der Waals surface area contributed by atoms with Gasteiger partial charge in [-0.05, 0) is 0 Å². The van der Waals surface area contributed by atoms with Crippen LogP contribution in [0.3, 0.4) is 0 Å². The fourth-order valence-corrected chi connectivity index (χ4v) is 0.674. The lowest BCUT2D eigenvalue weighted by Crippen LogP contribution is -2.45. The largest absolute Gasteiger partial charge is 0.401 e. The average molecular weight is 270 g/mol. The van der Waals surface area contributed by atoms with Gasteiger partial charge in [-0.15, -0.1) is 0 Å². The lowest BCUT2D eigenvalue weighted by atomic mass is 10.3. The lowest BCUT2D eigenvalue weighted by Gasteiger charge is -2.16. The van der Waals surface area contributed by atoms with E-state index in [0.717, 1.165) is 0 Å². The van der Waals surface area contributed by atoms with Crippen LogP contribution in [-0.2, 0) is 4.79 Å². The maximum Gasteiger partial charge on any atom is 0.401 e. The molecular formula is C7H9F7N2O. The van der Waals surface area contributed by atoms with Gasteiger partial charge in [-0.25, -0.2) is 8.78 Å². The highest BCUT2D eigenvalue weighted by molar-refractivity contribution is 5.78. The molecule has 102 valence electrons. The minimum absolute atomic E-state index is 0.890. The highest BCUT2D eigenvalue weighted by Gasteiger charge is 2.40. The predicted molar refractivity (Wildman–Crippen MR) is 42.9 cm³/mol. The van der Waals surface area contributed by atoms with E-state index in [1.54, 1.807) is 5.32 Å². The van der Waals surface area contributed by atoms with E-state index in [2.05, 4.69) is 0 Å². The van der Waals surface area contributed by atoms with Crippen molar-refractivity contribution in [3.8, 4) is 0 Å². The molecule has 17 heavy (non-hydrogen) atoms. The molecule has 0 spiro atoms. The Morgan fingerprint density at radius 2 is 1.59 bits per heavy atom. The summed E-state index contributed by atoms with van der Waals surface area (Å²) in [6, 6.07) is 0. The maximum atomic E-state index is 12.3. The first-order chi connectivity index (χ1) is 7.54. The number of amides is 1. The molecule has 0 unspecified atom stereocenters. The summed E-state index contributed by atoms with van der Waals surface area (Å²) in [5.74, 6) is -5.63. The van der Waals surface area contributed by atoms with Gasteiger partial charge in [-0.2, -0.15) is 22.0 Å². The summed E-state index contributed by atoms with van der Waals surface area (Å²) in [5.41, 5.74) is 0. The fraction of sp³-hybridized carbons (Fsp3) is 0.857. The quantitative estimate of drug-likeness (QED) is 0.711. The molecular weight excluding hydrogens is 261 g/mol. The van der Waals surface area contributed by atoms with E-state index in [-0.39, 0.29) is 0 Å². The molecule has 0 bridgehead atoms. The number of carbonyl (C=O) groups excluding carboxylic acids is 1. The summed E-state index contributed by atoms with van der Waals surface area (Å²) in [6.07, 6.45) is -8.50. The molecule has 0 radical (unpaired) electrons. The second kappa shape index (κ2) is 6.03. The third kappa shape index (κ3) is 7.77. The summed E-state index contributed by atoms with van der Waals surface area (Å²) in [6.45, 7) is -4.00. The first-order valence-corrected chi connectivity index (χ1v) is 4.25. The number of rotatable bonds is 6. The molecule has 3 nitrogen and oxygen atoms in total. The molecule has 0 aliphatic rings. The van der Waals surface area contributed by atoms with Crippen molar-refractivity contribution in [2.24, 2.45) is 0 Å². The predicted octanol–water partition coefficient (Wildman–Crippen LogP) is 1.15. The summed E-state index contributed by atoms with van der Waals surface area (Å²) in [4.78, 5) is 10.7. The minimum atomic E-state index is -4.55. The van der Waals surface area contributed by atoms with Crippen LogP contribution in [0.25, 0.3) is 0 Å². The van der Waals surface area contributed by atoms with Gasteiger partial charge in [0.2, 0.25) is 5.91 Å². The molecule has 0 heterocycles. The molecule has 10 heteroatoms. The van der Waals surface area contributed by atoms with Crippen molar-refractivity contribution in [1.82, 2.24) is 10.6 Å². The van der Waals surface area contributed by atoms with Crippen molar-refractivity contribution in [3.05, 3.63) is 0 Å². The Labute approximate surface area is 91.3 Å². The van der Waals surface area contributed by atoms with Crippen LogP contribution in [0.1, 0.15) is 0 Å². The average Bonchev–Trinajstić information content (AvgIpc) is 2.12. The Morgan fingerprint density at radius 3 is 2.00 bits per heavy atom. The Morgan fingerprint density at radius 1 is 1.06 bits per heavy atom. The molecule has 0 aliphatic carbocycles.